The van der Waals surface area contributed by atoms with Gasteiger partial charge < -0.3 is 19.3 Å². The third kappa shape index (κ3) is 8.31. The number of ether oxygens (including phenoxy) is 2. The minimum absolute atomic E-state index is 0.0569. The number of likely N-dealkylation sites (tertiary alicyclic amines) is 1. The first-order valence-electron chi connectivity index (χ1n) is 17.1. The van der Waals surface area contributed by atoms with Crippen molar-refractivity contribution < 1.29 is 19.1 Å². The summed E-state index contributed by atoms with van der Waals surface area (Å²) in [4.78, 5) is 30.7. The first-order valence-corrected chi connectivity index (χ1v) is 17.1. The normalized spacial score (nSPS) is 25.4. The number of hydrogen-bond donors (Lipinski definition) is 0. The maximum absolute atomic E-state index is 14.0. The topological polar surface area (TPSA) is 59.1 Å². The molecule has 2 saturated carbocycles. The fourth-order valence-electron chi connectivity index (χ4n) is 8.01. The second-order valence-corrected chi connectivity index (χ2v) is 14.2. The van der Waals surface area contributed by atoms with Crippen LogP contribution in [0, 0.1) is 17.8 Å². The summed E-state index contributed by atoms with van der Waals surface area (Å²) < 4.78 is 11.9. The molecule has 2 aromatic carbocycles. The van der Waals surface area contributed by atoms with Crippen LogP contribution in [0.4, 0.5) is 0 Å². The van der Waals surface area contributed by atoms with Crippen molar-refractivity contribution in [1.82, 2.24) is 9.80 Å². The number of methoxy groups -OCH3 is 1. The highest BCUT2D eigenvalue weighted by Gasteiger charge is 2.54. The minimum Gasteiger partial charge on any atom is -0.427 e. The van der Waals surface area contributed by atoms with Crippen LogP contribution >= 0.6 is 0 Å². The quantitative estimate of drug-likeness (QED) is 0.132. The Labute approximate surface area is 265 Å². The zero-order valence-electron chi connectivity index (χ0n) is 27.5. The fraction of sp³-hybridized carbons (Fsp3) is 0.632. The average Bonchev–Trinajstić information content (AvgIpc) is 3.83. The number of fused-ring (bicyclic) bond motifs is 1. The van der Waals surface area contributed by atoms with Gasteiger partial charge in [-0.15, -0.1) is 0 Å². The van der Waals surface area contributed by atoms with Crippen molar-refractivity contribution in [1.29, 1.82) is 0 Å². The first-order chi connectivity index (χ1) is 21.3. The van der Waals surface area contributed by atoms with E-state index in [2.05, 4.69) is 66.1 Å². The SMILES string of the molecule is COC1CC(N(CC(C)C)C(=O)CCCCCc2ccccc2)CC2(c3cccc(OC(C)=O)c3)CCN(CC3CC3)CC12. The Hall–Kier alpha value is -2.70. The van der Waals surface area contributed by atoms with E-state index in [-0.39, 0.29) is 29.4 Å². The van der Waals surface area contributed by atoms with Crippen LogP contribution in [0.3, 0.4) is 0 Å². The number of rotatable bonds is 14. The summed E-state index contributed by atoms with van der Waals surface area (Å²) in [6.45, 7) is 9.90. The first kappa shape index (κ1) is 32.7. The highest BCUT2D eigenvalue weighted by atomic mass is 16.5. The zero-order chi connectivity index (χ0) is 31.1. The van der Waals surface area contributed by atoms with Gasteiger partial charge in [0, 0.05) is 57.5 Å². The number of esters is 1. The predicted octanol–water partition coefficient (Wildman–Crippen LogP) is 7.05. The molecule has 1 saturated heterocycles. The van der Waals surface area contributed by atoms with Gasteiger partial charge in [-0.1, -0.05) is 62.7 Å². The number of nitrogens with zero attached hydrogens (tertiary/aromatic N) is 2. The van der Waals surface area contributed by atoms with Gasteiger partial charge in [0.25, 0.3) is 0 Å². The maximum Gasteiger partial charge on any atom is 0.308 e. The molecule has 0 aromatic heterocycles. The van der Waals surface area contributed by atoms with Gasteiger partial charge in [-0.2, -0.15) is 0 Å². The molecule has 240 valence electrons. The van der Waals surface area contributed by atoms with Crippen molar-refractivity contribution >= 4 is 11.9 Å². The molecule has 3 aliphatic rings. The summed E-state index contributed by atoms with van der Waals surface area (Å²) in [5, 5.41) is 0. The van der Waals surface area contributed by atoms with Crippen molar-refractivity contribution in [3.63, 3.8) is 0 Å². The molecule has 4 atom stereocenters. The van der Waals surface area contributed by atoms with Gasteiger partial charge in [0.05, 0.1) is 6.10 Å². The lowest BCUT2D eigenvalue weighted by Crippen LogP contribution is -2.62. The number of hydrogen-bond acceptors (Lipinski definition) is 5. The van der Waals surface area contributed by atoms with Crippen LogP contribution in [-0.2, 0) is 26.2 Å². The van der Waals surface area contributed by atoms with E-state index in [9.17, 15) is 9.59 Å². The van der Waals surface area contributed by atoms with Gasteiger partial charge in [-0.25, -0.2) is 0 Å². The molecule has 2 aliphatic carbocycles. The van der Waals surface area contributed by atoms with Gasteiger partial charge in [0.15, 0.2) is 0 Å². The Morgan fingerprint density at radius 2 is 1.84 bits per heavy atom. The number of unbranched alkanes of at least 4 members (excludes halogenated alkanes) is 2. The summed E-state index contributed by atoms with van der Waals surface area (Å²) in [6, 6.07) is 18.9. The lowest BCUT2D eigenvalue weighted by molar-refractivity contribution is -0.141. The third-order valence-electron chi connectivity index (χ3n) is 10.3. The van der Waals surface area contributed by atoms with Crippen LogP contribution in [0.2, 0.25) is 0 Å². The minimum atomic E-state index is -0.302. The largest absolute Gasteiger partial charge is 0.427 e. The monoisotopic (exact) mass is 602 g/mol. The third-order valence-corrected chi connectivity index (χ3v) is 10.3. The Kier molecular flexibility index (Phi) is 11.2. The van der Waals surface area contributed by atoms with Crippen LogP contribution < -0.4 is 4.74 Å². The molecule has 1 heterocycles. The number of amides is 1. The molecule has 1 aliphatic heterocycles. The predicted molar refractivity (Wildman–Crippen MR) is 176 cm³/mol. The van der Waals surface area contributed by atoms with E-state index in [4.69, 9.17) is 9.47 Å². The number of carbonyl (C=O) groups excluding carboxylic acids is 2. The molecule has 3 fully saturated rings. The summed E-state index contributed by atoms with van der Waals surface area (Å²) in [7, 11) is 1.86. The van der Waals surface area contributed by atoms with Crippen molar-refractivity contribution in [2.24, 2.45) is 17.8 Å². The molecular weight excluding hydrogens is 548 g/mol. The van der Waals surface area contributed by atoms with Crippen molar-refractivity contribution in [2.75, 3.05) is 33.3 Å². The number of carbonyl (C=O) groups is 2. The van der Waals surface area contributed by atoms with Crippen molar-refractivity contribution in [3.05, 3.63) is 65.7 Å². The summed E-state index contributed by atoms with van der Waals surface area (Å²) in [6.07, 6.45) is 10.3. The molecular formula is C38H54N2O4. The smallest absolute Gasteiger partial charge is 0.308 e. The Bertz CT molecular complexity index is 1230. The van der Waals surface area contributed by atoms with Crippen LogP contribution in [0.15, 0.2) is 54.6 Å². The zero-order valence-corrected chi connectivity index (χ0v) is 27.5. The maximum atomic E-state index is 14.0. The summed E-state index contributed by atoms with van der Waals surface area (Å²) >= 11 is 0. The van der Waals surface area contributed by atoms with E-state index in [1.54, 1.807) is 0 Å². The van der Waals surface area contributed by atoms with E-state index in [0.29, 0.717) is 24.0 Å². The highest BCUT2D eigenvalue weighted by Crippen LogP contribution is 2.52. The molecule has 0 N–H and O–H groups in total. The van der Waals surface area contributed by atoms with E-state index < -0.39 is 0 Å². The number of piperidine rings is 1. The average molecular weight is 603 g/mol. The van der Waals surface area contributed by atoms with E-state index in [1.807, 2.05) is 19.2 Å². The molecule has 2 aromatic rings. The van der Waals surface area contributed by atoms with Crippen molar-refractivity contribution in [3.8, 4) is 5.75 Å². The number of aryl methyl sites for hydroxylation is 1. The Morgan fingerprint density at radius 1 is 1.05 bits per heavy atom. The summed E-state index contributed by atoms with van der Waals surface area (Å²) in [5.41, 5.74) is 2.44. The van der Waals surface area contributed by atoms with Crippen LogP contribution in [0.5, 0.6) is 5.75 Å². The van der Waals surface area contributed by atoms with Crippen molar-refractivity contribution in [2.45, 2.75) is 103 Å². The van der Waals surface area contributed by atoms with Gasteiger partial charge in [-0.05, 0) is 93.0 Å². The second-order valence-electron chi connectivity index (χ2n) is 14.2. The number of benzene rings is 2. The molecule has 0 radical (unpaired) electrons. The van der Waals surface area contributed by atoms with E-state index in [1.165, 1.54) is 37.4 Å². The molecule has 0 bridgehead atoms. The van der Waals surface area contributed by atoms with Gasteiger partial charge in [-0.3, -0.25) is 9.59 Å². The van der Waals surface area contributed by atoms with Gasteiger partial charge in [0.2, 0.25) is 5.91 Å². The van der Waals surface area contributed by atoms with Crippen LogP contribution in [-0.4, -0.2) is 67.1 Å². The molecule has 5 rings (SSSR count). The molecule has 1 amide bonds. The lowest BCUT2D eigenvalue weighted by atomic mass is 9.56. The standard InChI is InChI=1S/C38H54N2O4/c1-28(2)25-40(37(42)17-10-6-9-14-30-12-7-5-8-13-30)33-23-36(43-4)35-27-39(26-31-18-19-31)21-20-38(35,24-33)32-15-11-16-34(22-32)44-29(3)41/h5,7-8,11-13,15-16,22,28,31,33,35-36H,6,9-10,14,17-21,23-27H2,1-4H3. The van der Waals surface area contributed by atoms with Crippen LogP contribution in [0.1, 0.15) is 89.7 Å². The second kappa shape index (κ2) is 15.1. The molecule has 6 heteroatoms. The van der Waals surface area contributed by atoms with E-state index >= 15 is 0 Å². The molecule has 44 heavy (non-hydrogen) atoms. The van der Waals surface area contributed by atoms with Gasteiger partial charge >= 0.3 is 5.97 Å². The summed E-state index contributed by atoms with van der Waals surface area (Å²) in [5.74, 6) is 2.14. The van der Waals surface area contributed by atoms with Crippen LogP contribution in [0.25, 0.3) is 0 Å². The molecule has 0 spiro atoms. The van der Waals surface area contributed by atoms with E-state index in [0.717, 1.165) is 70.5 Å². The Balaban J connectivity index is 1.35. The molecule has 6 nitrogen and oxygen atoms in total. The van der Waals surface area contributed by atoms with Gasteiger partial charge in [0.1, 0.15) is 5.75 Å². The highest BCUT2D eigenvalue weighted by molar-refractivity contribution is 5.76. The lowest BCUT2D eigenvalue weighted by Gasteiger charge is -2.57. The molecule has 4 unspecified atom stereocenters. The fourth-order valence-corrected chi connectivity index (χ4v) is 8.01. The Morgan fingerprint density at radius 3 is 2.55 bits per heavy atom.